The zero-order chi connectivity index (χ0) is 23.7. The first-order valence-electron chi connectivity index (χ1n) is 10.6. The Labute approximate surface area is 192 Å². The molecule has 0 atom stereocenters. The zero-order valence-corrected chi connectivity index (χ0v) is 19.0. The van der Waals surface area contributed by atoms with Gasteiger partial charge in [0.05, 0.1) is 12.7 Å². The number of hydrogen-bond acceptors (Lipinski definition) is 5. The van der Waals surface area contributed by atoms with Gasteiger partial charge in [-0.1, -0.05) is 36.4 Å². The van der Waals surface area contributed by atoms with Crippen LogP contribution in [0.3, 0.4) is 0 Å². The molecule has 0 saturated carbocycles. The molecule has 0 aromatic heterocycles. The summed E-state index contributed by atoms with van der Waals surface area (Å²) in [7, 11) is 1.50. The van der Waals surface area contributed by atoms with Crippen molar-refractivity contribution >= 4 is 23.4 Å². The molecule has 0 bridgehead atoms. The van der Waals surface area contributed by atoms with Gasteiger partial charge in [0.25, 0.3) is 0 Å². The molecule has 0 N–H and O–H groups in total. The highest BCUT2D eigenvalue weighted by Gasteiger charge is 2.32. The number of allylic oxidation sites excluding steroid dienone is 1. The van der Waals surface area contributed by atoms with E-state index in [2.05, 4.69) is 0 Å². The van der Waals surface area contributed by atoms with Gasteiger partial charge in [-0.05, 0) is 67.3 Å². The van der Waals surface area contributed by atoms with E-state index in [9.17, 15) is 14.4 Å². The lowest BCUT2D eigenvalue weighted by Gasteiger charge is -2.13. The maximum atomic E-state index is 12.7. The predicted octanol–water partition coefficient (Wildman–Crippen LogP) is 5.34. The number of benzene rings is 3. The zero-order valence-electron chi connectivity index (χ0n) is 19.0. The van der Waals surface area contributed by atoms with Gasteiger partial charge >= 0.3 is 0 Å². The minimum Gasteiger partial charge on any atom is -0.493 e. The Balaban J connectivity index is 1.54. The number of carbonyl (C=O) groups is 3. The lowest BCUT2D eigenvalue weighted by atomic mass is 9.98. The second-order valence-corrected chi connectivity index (χ2v) is 8.14. The van der Waals surface area contributed by atoms with Gasteiger partial charge in [-0.2, -0.15) is 0 Å². The minimum atomic E-state index is -0.288. The van der Waals surface area contributed by atoms with Crippen molar-refractivity contribution in [3.8, 4) is 11.5 Å². The van der Waals surface area contributed by atoms with Crippen LogP contribution < -0.4 is 9.47 Å². The van der Waals surface area contributed by atoms with Gasteiger partial charge in [0.1, 0.15) is 0 Å². The van der Waals surface area contributed by atoms with Crippen LogP contribution in [0, 0.1) is 20.8 Å². The highest BCUT2D eigenvalue weighted by Crippen LogP contribution is 2.32. The van der Waals surface area contributed by atoms with E-state index < -0.39 is 0 Å². The van der Waals surface area contributed by atoms with Gasteiger partial charge in [0.2, 0.25) is 0 Å². The summed E-state index contributed by atoms with van der Waals surface area (Å²) in [5.41, 5.74) is 5.31. The summed E-state index contributed by atoms with van der Waals surface area (Å²) in [6.45, 7) is 5.76. The Morgan fingerprint density at radius 1 is 0.818 bits per heavy atom. The summed E-state index contributed by atoms with van der Waals surface area (Å²) in [4.78, 5) is 38.0. The van der Waals surface area contributed by atoms with Gasteiger partial charge in [0.15, 0.2) is 35.5 Å². The first-order valence-corrected chi connectivity index (χ1v) is 10.6. The Hall–Kier alpha value is -3.99. The molecular weight excluding hydrogens is 416 g/mol. The topological polar surface area (TPSA) is 69.7 Å². The van der Waals surface area contributed by atoms with Crippen LogP contribution in [0.15, 0.2) is 60.2 Å². The fourth-order valence-corrected chi connectivity index (χ4v) is 3.95. The molecule has 0 unspecified atom stereocenters. The molecular formula is C28H24O5. The van der Waals surface area contributed by atoms with Gasteiger partial charge in [-0.25, -0.2) is 0 Å². The molecule has 1 aliphatic carbocycles. The monoisotopic (exact) mass is 440 g/mol. The van der Waals surface area contributed by atoms with Crippen LogP contribution in [0.5, 0.6) is 11.5 Å². The van der Waals surface area contributed by atoms with Crippen LogP contribution in [0.1, 0.15) is 53.3 Å². The van der Waals surface area contributed by atoms with Crippen molar-refractivity contribution in [2.75, 3.05) is 13.7 Å². The van der Waals surface area contributed by atoms with Crippen LogP contribution in [-0.2, 0) is 0 Å². The second-order valence-electron chi connectivity index (χ2n) is 8.14. The average molecular weight is 440 g/mol. The number of hydrogen-bond donors (Lipinski definition) is 0. The molecule has 0 spiro atoms. The fraction of sp³-hybridized carbons (Fsp3) is 0.179. The van der Waals surface area contributed by atoms with Crippen molar-refractivity contribution < 1.29 is 23.9 Å². The highest BCUT2D eigenvalue weighted by atomic mass is 16.5. The predicted molar refractivity (Wildman–Crippen MR) is 127 cm³/mol. The summed E-state index contributed by atoms with van der Waals surface area (Å²) in [5, 5.41) is 0. The van der Waals surface area contributed by atoms with E-state index in [1.54, 1.807) is 48.5 Å². The lowest BCUT2D eigenvalue weighted by molar-refractivity contribution is 0.0917. The molecule has 0 aliphatic heterocycles. The van der Waals surface area contributed by atoms with E-state index >= 15 is 0 Å². The molecule has 33 heavy (non-hydrogen) atoms. The molecule has 5 heteroatoms. The van der Waals surface area contributed by atoms with Crippen LogP contribution in [0.2, 0.25) is 0 Å². The van der Waals surface area contributed by atoms with Gasteiger partial charge in [-0.3, -0.25) is 14.4 Å². The normalized spacial score (nSPS) is 12.5. The highest BCUT2D eigenvalue weighted by molar-refractivity contribution is 6.41. The maximum absolute atomic E-state index is 12.7. The smallest absolute Gasteiger partial charge is 0.200 e. The Morgan fingerprint density at radius 3 is 2.09 bits per heavy atom. The number of fused-ring (bicyclic) bond motifs is 1. The SMILES string of the molecule is COc1cc(C=C2C(=O)c3ccccc3C2=O)ccc1OCC(=O)c1cc(C)c(C)cc1C. The molecule has 1 aliphatic rings. The summed E-state index contributed by atoms with van der Waals surface area (Å²) < 4.78 is 11.2. The van der Waals surface area contributed by atoms with E-state index in [1.807, 2.05) is 32.9 Å². The third kappa shape index (κ3) is 4.22. The van der Waals surface area contributed by atoms with Gasteiger partial charge in [0, 0.05) is 16.7 Å². The van der Waals surface area contributed by atoms with E-state index in [1.165, 1.54) is 7.11 Å². The molecule has 4 rings (SSSR count). The Kier molecular flexibility index (Phi) is 5.97. The molecule has 5 nitrogen and oxygen atoms in total. The maximum Gasteiger partial charge on any atom is 0.200 e. The van der Waals surface area contributed by atoms with Crippen LogP contribution in [0.25, 0.3) is 6.08 Å². The van der Waals surface area contributed by atoms with Crippen molar-refractivity contribution in [2.24, 2.45) is 0 Å². The molecule has 3 aromatic carbocycles. The van der Waals surface area contributed by atoms with Crippen molar-refractivity contribution in [1.82, 2.24) is 0 Å². The number of methoxy groups -OCH3 is 1. The summed E-state index contributed by atoms with van der Waals surface area (Å²) in [6.07, 6.45) is 1.56. The van der Waals surface area contributed by atoms with Crippen LogP contribution in [0.4, 0.5) is 0 Å². The molecule has 0 radical (unpaired) electrons. The minimum absolute atomic E-state index is 0.118. The molecule has 0 saturated heterocycles. The largest absolute Gasteiger partial charge is 0.493 e. The van der Waals surface area contributed by atoms with E-state index in [-0.39, 0.29) is 29.5 Å². The Morgan fingerprint density at radius 2 is 1.45 bits per heavy atom. The van der Waals surface area contributed by atoms with Crippen molar-refractivity contribution in [3.63, 3.8) is 0 Å². The number of Topliss-reactive ketones (excluding diaryl/α,β-unsaturated/α-hetero) is 3. The van der Waals surface area contributed by atoms with E-state index in [0.29, 0.717) is 33.8 Å². The number of ketones is 3. The molecule has 0 fully saturated rings. The third-order valence-electron chi connectivity index (χ3n) is 5.90. The Bertz CT molecular complexity index is 1290. The first kappa shape index (κ1) is 22.2. The lowest BCUT2D eigenvalue weighted by Crippen LogP contribution is -2.14. The second kappa shape index (κ2) is 8.87. The average Bonchev–Trinajstić information content (AvgIpc) is 3.05. The molecule has 0 amide bonds. The van der Waals surface area contributed by atoms with Crippen molar-refractivity contribution in [2.45, 2.75) is 20.8 Å². The number of ether oxygens (including phenoxy) is 2. The summed E-state index contributed by atoms with van der Waals surface area (Å²) in [5.74, 6) is 0.114. The number of rotatable bonds is 6. The van der Waals surface area contributed by atoms with E-state index in [4.69, 9.17) is 9.47 Å². The molecule has 3 aromatic rings. The first-order chi connectivity index (χ1) is 15.8. The number of aryl methyl sites for hydroxylation is 3. The summed E-state index contributed by atoms with van der Waals surface area (Å²) in [6, 6.07) is 15.7. The van der Waals surface area contributed by atoms with Crippen LogP contribution >= 0.6 is 0 Å². The third-order valence-corrected chi connectivity index (χ3v) is 5.90. The van der Waals surface area contributed by atoms with Crippen LogP contribution in [-0.4, -0.2) is 31.1 Å². The standard InChI is InChI=1S/C28H24O5/c1-16-11-18(3)22(12-17(16)2)24(29)15-33-25-10-9-19(14-26(25)32-4)13-23-27(30)20-7-5-6-8-21(20)28(23)31/h5-14H,15H2,1-4H3. The van der Waals surface area contributed by atoms with Crippen molar-refractivity contribution in [3.05, 3.63) is 99.1 Å². The van der Waals surface area contributed by atoms with E-state index in [0.717, 1.165) is 16.7 Å². The number of carbonyl (C=O) groups excluding carboxylic acids is 3. The molecule has 166 valence electrons. The quantitative estimate of drug-likeness (QED) is 0.294. The fourth-order valence-electron chi connectivity index (χ4n) is 3.95. The molecule has 0 heterocycles. The van der Waals surface area contributed by atoms with Gasteiger partial charge in [-0.15, -0.1) is 0 Å². The van der Waals surface area contributed by atoms with Crippen molar-refractivity contribution in [1.29, 1.82) is 0 Å². The van der Waals surface area contributed by atoms with Gasteiger partial charge < -0.3 is 9.47 Å². The summed E-state index contributed by atoms with van der Waals surface area (Å²) >= 11 is 0.